The van der Waals surface area contributed by atoms with Crippen molar-refractivity contribution in [1.82, 2.24) is 15.2 Å². The third-order valence-electron chi connectivity index (χ3n) is 7.16. The molecule has 0 spiro atoms. The number of halogens is 1. The van der Waals surface area contributed by atoms with E-state index < -0.39 is 18.1 Å². The lowest BCUT2D eigenvalue weighted by molar-refractivity contribution is -0.116. The first-order valence-corrected chi connectivity index (χ1v) is 13.2. The number of hydrogen-bond acceptors (Lipinski definition) is 7. The number of carbonyl (C=O) groups excluding carboxylic acids is 1. The van der Waals surface area contributed by atoms with E-state index in [1.54, 1.807) is 24.4 Å². The molecule has 3 aromatic rings. The van der Waals surface area contributed by atoms with Gasteiger partial charge in [-0.1, -0.05) is 29.4 Å². The highest BCUT2D eigenvalue weighted by molar-refractivity contribution is 6.38. The Morgan fingerprint density at radius 1 is 1.13 bits per heavy atom. The van der Waals surface area contributed by atoms with E-state index in [2.05, 4.69) is 20.4 Å². The number of aryl methyl sites for hydroxylation is 1. The smallest absolute Gasteiger partial charge is 0.269 e. The van der Waals surface area contributed by atoms with Gasteiger partial charge in [0.1, 0.15) is 23.7 Å². The quantitative estimate of drug-likeness (QED) is 0.201. The normalized spacial score (nSPS) is 17.9. The van der Waals surface area contributed by atoms with E-state index in [-0.39, 0.29) is 24.1 Å². The lowest BCUT2D eigenvalue weighted by Crippen LogP contribution is -2.48. The molecular formula is C29H33FN4O4. The fraction of sp³-hybridized carbons (Fsp3) is 0.414. The molecular weight excluding hydrogens is 487 g/mol. The van der Waals surface area contributed by atoms with Crippen LogP contribution in [0.3, 0.4) is 0 Å². The fourth-order valence-electron chi connectivity index (χ4n) is 4.84. The van der Waals surface area contributed by atoms with E-state index in [1.807, 2.05) is 18.2 Å². The number of rotatable bonds is 11. The van der Waals surface area contributed by atoms with Crippen LogP contribution in [0.15, 0.2) is 59.9 Å². The number of aromatic nitrogens is 1. The van der Waals surface area contributed by atoms with Crippen molar-refractivity contribution in [3.8, 4) is 5.88 Å². The number of ether oxygens (including phenoxy) is 1. The zero-order valence-corrected chi connectivity index (χ0v) is 21.2. The summed E-state index contributed by atoms with van der Waals surface area (Å²) in [5.74, 6) is -0.294. The molecule has 38 heavy (non-hydrogen) atoms. The highest BCUT2D eigenvalue weighted by Gasteiger charge is 2.29. The minimum atomic E-state index is -0.997. The van der Waals surface area contributed by atoms with Gasteiger partial charge in [-0.15, -0.1) is 0 Å². The Morgan fingerprint density at radius 3 is 2.61 bits per heavy atom. The molecule has 8 nitrogen and oxygen atoms in total. The molecule has 1 saturated carbocycles. The third-order valence-corrected chi connectivity index (χ3v) is 7.16. The van der Waals surface area contributed by atoms with Gasteiger partial charge < -0.3 is 25.3 Å². The van der Waals surface area contributed by atoms with Crippen LogP contribution in [0.5, 0.6) is 5.88 Å². The summed E-state index contributed by atoms with van der Waals surface area (Å²) in [6.45, 7) is 2.27. The molecule has 0 radical (unpaired) electrons. The van der Waals surface area contributed by atoms with Crippen molar-refractivity contribution in [2.45, 2.75) is 56.8 Å². The van der Waals surface area contributed by atoms with Gasteiger partial charge >= 0.3 is 0 Å². The molecule has 1 aliphatic heterocycles. The Morgan fingerprint density at radius 2 is 1.89 bits per heavy atom. The van der Waals surface area contributed by atoms with E-state index in [0.717, 1.165) is 55.1 Å². The van der Waals surface area contributed by atoms with Crippen molar-refractivity contribution in [3.63, 3.8) is 0 Å². The Hall–Kier alpha value is -3.56. The van der Waals surface area contributed by atoms with Gasteiger partial charge in [0.25, 0.3) is 5.91 Å². The highest BCUT2D eigenvalue weighted by Crippen LogP contribution is 2.27. The van der Waals surface area contributed by atoms with Gasteiger partial charge in [-0.25, -0.2) is 9.37 Å². The Labute approximate surface area is 221 Å². The van der Waals surface area contributed by atoms with E-state index in [1.165, 1.54) is 12.1 Å². The molecule has 2 atom stereocenters. The summed E-state index contributed by atoms with van der Waals surface area (Å²) >= 11 is 0. The molecule has 1 amide bonds. The van der Waals surface area contributed by atoms with E-state index in [9.17, 15) is 19.5 Å². The summed E-state index contributed by atoms with van der Waals surface area (Å²) in [6.07, 6.45) is 5.70. The van der Waals surface area contributed by atoms with Gasteiger partial charge in [0.2, 0.25) is 5.88 Å². The van der Waals surface area contributed by atoms with Crippen LogP contribution in [0.25, 0.3) is 10.8 Å². The Bertz CT molecular complexity index is 1290. The summed E-state index contributed by atoms with van der Waals surface area (Å²) in [5, 5.41) is 28.7. The van der Waals surface area contributed by atoms with E-state index >= 15 is 0 Å². The monoisotopic (exact) mass is 520 g/mol. The predicted octanol–water partition coefficient (Wildman–Crippen LogP) is 3.99. The van der Waals surface area contributed by atoms with Crippen LogP contribution < -0.4 is 10.1 Å². The standard InChI is InChI=1S/C29H33FN4O4/c30-23-8-6-20-15-19(3-5-21(20)16-23)4-11-25(33-37)29(36)32-26(18-34-13-1-2-14-34)28(35)22-7-12-27(31-17-22)38-24-9-10-24/h3,5-8,12,15-17,24,26,28,35,37H,1-2,4,9-11,13-14,18H2,(H,32,36)/b33-25+/t26-,28-/m1/s1. The summed E-state index contributed by atoms with van der Waals surface area (Å²) < 4.78 is 19.2. The first-order chi connectivity index (χ1) is 18.5. The van der Waals surface area contributed by atoms with Crippen molar-refractivity contribution in [1.29, 1.82) is 0 Å². The molecule has 1 aromatic heterocycles. The SMILES string of the molecule is O=C(N[C@H](CN1CCCC1)[C@H](O)c1ccc(OC2CC2)nc1)/C(CCc1ccc2cc(F)ccc2c1)=N/O. The summed E-state index contributed by atoms with van der Waals surface area (Å²) in [6, 6.07) is 13.1. The van der Waals surface area contributed by atoms with Crippen LogP contribution in [0, 0.1) is 5.82 Å². The number of benzene rings is 2. The maximum atomic E-state index is 13.5. The maximum absolute atomic E-state index is 13.5. The second kappa shape index (κ2) is 11.9. The minimum Gasteiger partial charge on any atom is -0.474 e. The summed E-state index contributed by atoms with van der Waals surface area (Å²) in [4.78, 5) is 19.7. The van der Waals surface area contributed by atoms with Crippen molar-refractivity contribution in [2.24, 2.45) is 5.16 Å². The van der Waals surface area contributed by atoms with Crippen molar-refractivity contribution >= 4 is 22.4 Å². The molecule has 2 fully saturated rings. The number of oxime groups is 1. The van der Waals surface area contributed by atoms with Crippen LogP contribution in [0.2, 0.25) is 0 Å². The average Bonchev–Trinajstić information content (AvgIpc) is 3.59. The van der Waals surface area contributed by atoms with Gasteiger partial charge in [-0.05, 0) is 79.7 Å². The van der Waals surface area contributed by atoms with Gasteiger partial charge in [0, 0.05) is 30.8 Å². The number of hydrogen-bond donors (Lipinski definition) is 3. The minimum absolute atomic E-state index is 0.0193. The number of likely N-dealkylation sites (tertiary alicyclic amines) is 1. The molecule has 5 rings (SSSR count). The van der Waals surface area contributed by atoms with E-state index in [4.69, 9.17) is 4.74 Å². The van der Waals surface area contributed by atoms with Crippen LogP contribution >= 0.6 is 0 Å². The fourth-order valence-corrected chi connectivity index (χ4v) is 4.84. The lowest BCUT2D eigenvalue weighted by atomic mass is 10.0. The number of aliphatic hydroxyl groups is 1. The number of amides is 1. The van der Waals surface area contributed by atoms with E-state index in [0.29, 0.717) is 24.4 Å². The zero-order chi connectivity index (χ0) is 26.5. The topological polar surface area (TPSA) is 107 Å². The van der Waals surface area contributed by atoms with Crippen LogP contribution in [0.1, 0.15) is 49.3 Å². The van der Waals surface area contributed by atoms with Gasteiger partial charge in [0.05, 0.1) is 6.04 Å². The molecule has 2 heterocycles. The van der Waals surface area contributed by atoms with Gasteiger partial charge in [-0.3, -0.25) is 4.79 Å². The molecule has 0 unspecified atom stereocenters. The highest BCUT2D eigenvalue weighted by atomic mass is 19.1. The van der Waals surface area contributed by atoms with Crippen LogP contribution in [-0.2, 0) is 11.2 Å². The van der Waals surface area contributed by atoms with Gasteiger partial charge in [0.15, 0.2) is 0 Å². The van der Waals surface area contributed by atoms with Gasteiger partial charge in [-0.2, -0.15) is 0 Å². The lowest BCUT2D eigenvalue weighted by Gasteiger charge is -2.28. The number of aliphatic hydroxyl groups excluding tert-OH is 1. The Balaban J connectivity index is 1.24. The molecule has 2 aliphatic rings. The largest absolute Gasteiger partial charge is 0.474 e. The first-order valence-electron chi connectivity index (χ1n) is 13.2. The molecule has 200 valence electrons. The number of carbonyl (C=O) groups is 1. The average molecular weight is 521 g/mol. The molecule has 1 aliphatic carbocycles. The van der Waals surface area contributed by atoms with Crippen molar-refractivity contribution in [3.05, 3.63) is 71.7 Å². The molecule has 0 bridgehead atoms. The second-order valence-electron chi connectivity index (χ2n) is 10.2. The number of nitrogens with one attached hydrogen (secondary N) is 1. The van der Waals surface area contributed by atoms with Crippen molar-refractivity contribution < 1.29 is 24.2 Å². The van der Waals surface area contributed by atoms with Crippen LogP contribution in [-0.4, -0.2) is 63.6 Å². The maximum Gasteiger partial charge on any atom is 0.269 e. The number of pyridine rings is 1. The van der Waals surface area contributed by atoms with Crippen LogP contribution in [0.4, 0.5) is 4.39 Å². The number of fused-ring (bicyclic) bond motifs is 1. The Kier molecular flexibility index (Phi) is 8.14. The summed E-state index contributed by atoms with van der Waals surface area (Å²) in [7, 11) is 0. The predicted molar refractivity (Wildman–Crippen MR) is 142 cm³/mol. The molecule has 9 heteroatoms. The second-order valence-corrected chi connectivity index (χ2v) is 10.2. The van der Waals surface area contributed by atoms with Crippen molar-refractivity contribution in [2.75, 3.05) is 19.6 Å². The zero-order valence-electron chi connectivity index (χ0n) is 21.2. The molecule has 2 aromatic carbocycles. The number of nitrogens with zero attached hydrogens (tertiary/aromatic N) is 3. The first kappa shape index (κ1) is 26.1. The summed E-state index contributed by atoms with van der Waals surface area (Å²) in [5.41, 5.74) is 1.49. The third kappa shape index (κ3) is 6.65. The molecule has 1 saturated heterocycles. The molecule has 3 N–H and O–H groups in total.